The molecule has 0 heterocycles. The van der Waals surface area contributed by atoms with Crippen LogP contribution in [0.2, 0.25) is 0 Å². The minimum Gasteiger partial charge on any atom is -0.444 e. The summed E-state index contributed by atoms with van der Waals surface area (Å²) < 4.78 is 5.28. The van der Waals surface area contributed by atoms with Crippen LogP contribution in [-0.2, 0) is 20.9 Å². The van der Waals surface area contributed by atoms with Crippen LogP contribution < -0.4 is 10.6 Å². The number of carbonyl (C=O) groups is 3. The van der Waals surface area contributed by atoms with Gasteiger partial charge in [-0.25, -0.2) is 4.79 Å². The summed E-state index contributed by atoms with van der Waals surface area (Å²) in [6, 6.07) is 13.4. The smallest absolute Gasteiger partial charge is 0.408 e. The number of thiol groups is 1. The number of rotatable bonds is 8. The molecule has 8 heteroatoms. The average molecular weight is 486 g/mol. The first-order valence-corrected chi connectivity index (χ1v) is 11.8. The first-order valence-electron chi connectivity index (χ1n) is 11.2. The standard InChI is InChI=1S/C26H35N3O4S/c1-17-11-10-14-20(18(17)2)22(23(30)27-15-19-12-8-7-9-13-19)29(6)24(31)21(16-34)28-25(32)33-26(3,4)5/h7-14,21-22,34H,15-16H2,1-6H3,(H,27,30)(H,28,32). The van der Waals surface area contributed by atoms with Gasteiger partial charge in [-0.05, 0) is 56.9 Å². The van der Waals surface area contributed by atoms with E-state index in [0.717, 1.165) is 22.3 Å². The maximum atomic E-state index is 13.4. The van der Waals surface area contributed by atoms with E-state index < -0.39 is 29.7 Å². The van der Waals surface area contributed by atoms with Gasteiger partial charge in [0.2, 0.25) is 11.8 Å². The van der Waals surface area contributed by atoms with E-state index in [-0.39, 0.29) is 11.7 Å². The monoisotopic (exact) mass is 485 g/mol. The Kier molecular flexibility index (Phi) is 9.55. The molecule has 0 aliphatic heterocycles. The fourth-order valence-electron chi connectivity index (χ4n) is 3.49. The van der Waals surface area contributed by atoms with E-state index in [2.05, 4.69) is 23.3 Å². The number of carbonyl (C=O) groups excluding carboxylic acids is 3. The van der Waals surface area contributed by atoms with Gasteiger partial charge in [-0.3, -0.25) is 9.59 Å². The quantitative estimate of drug-likeness (QED) is 0.494. The molecule has 7 nitrogen and oxygen atoms in total. The summed E-state index contributed by atoms with van der Waals surface area (Å²) in [6.07, 6.45) is -0.717. The molecule has 0 aromatic heterocycles. The van der Waals surface area contributed by atoms with Crippen molar-refractivity contribution in [1.82, 2.24) is 15.5 Å². The van der Waals surface area contributed by atoms with Crippen molar-refractivity contribution in [3.63, 3.8) is 0 Å². The van der Waals surface area contributed by atoms with Gasteiger partial charge in [-0.2, -0.15) is 12.6 Å². The van der Waals surface area contributed by atoms with Crippen LogP contribution in [0.4, 0.5) is 4.79 Å². The SMILES string of the molecule is Cc1cccc(C(C(=O)NCc2ccccc2)N(C)C(=O)C(CS)NC(=O)OC(C)(C)C)c1C. The van der Waals surface area contributed by atoms with Crippen LogP contribution in [0.1, 0.15) is 49.1 Å². The van der Waals surface area contributed by atoms with Crippen LogP contribution in [0.15, 0.2) is 48.5 Å². The lowest BCUT2D eigenvalue weighted by Gasteiger charge is -2.32. The van der Waals surface area contributed by atoms with Crippen molar-refractivity contribution in [3.05, 3.63) is 70.8 Å². The van der Waals surface area contributed by atoms with Crippen molar-refractivity contribution < 1.29 is 19.1 Å². The number of ether oxygens (including phenoxy) is 1. The van der Waals surface area contributed by atoms with E-state index in [1.807, 2.05) is 62.4 Å². The van der Waals surface area contributed by atoms with Gasteiger partial charge in [0.05, 0.1) is 0 Å². The molecule has 34 heavy (non-hydrogen) atoms. The number of likely N-dealkylation sites (N-methyl/N-ethyl adjacent to an activating group) is 1. The van der Waals surface area contributed by atoms with Gasteiger partial charge in [-0.15, -0.1) is 0 Å². The molecule has 2 rings (SSSR count). The molecule has 0 spiro atoms. The molecule has 0 saturated carbocycles. The Hall–Kier alpha value is -3.00. The number of hydrogen-bond acceptors (Lipinski definition) is 5. The molecule has 0 aliphatic carbocycles. The highest BCUT2D eigenvalue weighted by Gasteiger charge is 2.34. The van der Waals surface area contributed by atoms with Crippen molar-refractivity contribution in [2.24, 2.45) is 0 Å². The van der Waals surface area contributed by atoms with Crippen LogP contribution >= 0.6 is 12.6 Å². The summed E-state index contributed by atoms with van der Waals surface area (Å²) in [5.41, 5.74) is 2.89. The maximum absolute atomic E-state index is 13.4. The molecule has 2 unspecified atom stereocenters. The van der Waals surface area contributed by atoms with E-state index in [4.69, 9.17) is 4.74 Å². The summed E-state index contributed by atoms with van der Waals surface area (Å²) in [5, 5.41) is 5.52. The van der Waals surface area contributed by atoms with Crippen LogP contribution in [-0.4, -0.2) is 47.3 Å². The molecule has 184 valence electrons. The predicted molar refractivity (Wildman–Crippen MR) is 137 cm³/mol. The lowest BCUT2D eigenvalue weighted by molar-refractivity contribution is -0.140. The average Bonchev–Trinajstić information content (AvgIpc) is 2.78. The fraction of sp³-hybridized carbons (Fsp3) is 0.423. The van der Waals surface area contributed by atoms with Gasteiger partial charge >= 0.3 is 6.09 Å². The molecule has 2 atom stereocenters. The Balaban J connectivity index is 2.31. The minimum atomic E-state index is -0.960. The van der Waals surface area contributed by atoms with E-state index in [1.165, 1.54) is 4.90 Å². The molecule has 0 saturated heterocycles. The molecule has 2 aromatic carbocycles. The van der Waals surface area contributed by atoms with Gasteiger partial charge in [0.1, 0.15) is 17.7 Å². The zero-order chi connectivity index (χ0) is 25.5. The molecule has 0 aliphatic rings. The third-order valence-corrected chi connectivity index (χ3v) is 5.77. The number of nitrogens with one attached hydrogen (secondary N) is 2. The normalized spacial score (nSPS) is 12.9. The van der Waals surface area contributed by atoms with Crippen molar-refractivity contribution >= 4 is 30.5 Å². The zero-order valence-corrected chi connectivity index (χ0v) is 21.6. The molecule has 3 amide bonds. The number of alkyl carbamates (subject to hydrolysis) is 1. The largest absolute Gasteiger partial charge is 0.444 e. The van der Waals surface area contributed by atoms with Gasteiger partial charge in [0, 0.05) is 19.3 Å². The number of aryl methyl sites for hydroxylation is 1. The Morgan fingerprint density at radius 2 is 1.68 bits per heavy atom. The lowest BCUT2D eigenvalue weighted by Crippen LogP contribution is -2.52. The summed E-state index contributed by atoms with van der Waals surface area (Å²) in [7, 11) is 1.56. The topological polar surface area (TPSA) is 87.7 Å². The van der Waals surface area contributed by atoms with Gasteiger partial charge in [-0.1, -0.05) is 48.5 Å². The van der Waals surface area contributed by atoms with Crippen LogP contribution in [0.5, 0.6) is 0 Å². The fourth-order valence-corrected chi connectivity index (χ4v) is 3.73. The van der Waals surface area contributed by atoms with Gasteiger partial charge in [0.15, 0.2) is 0 Å². The molecule has 0 radical (unpaired) electrons. The predicted octanol–water partition coefficient (Wildman–Crippen LogP) is 3.94. The number of hydrogen-bond donors (Lipinski definition) is 3. The van der Waals surface area contributed by atoms with E-state index >= 15 is 0 Å². The minimum absolute atomic E-state index is 0.0492. The Morgan fingerprint density at radius 3 is 2.26 bits per heavy atom. The molecule has 2 aromatic rings. The second-order valence-electron chi connectivity index (χ2n) is 9.23. The highest BCUT2D eigenvalue weighted by atomic mass is 32.1. The maximum Gasteiger partial charge on any atom is 0.408 e. The summed E-state index contributed by atoms with van der Waals surface area (Å²) >= 11 is 4.25. The summed E-state index contributed by atoms with van der Waals surface area (Å²) in [5.74, 6) is -0.710. The van der Waals surface area contributed by atoms with Crippen molar-refractivity contribution in [2.45, 2.75) is 58.8 Å². The van der Waals surface area contributed by atoms with Crippen molar-refractivity contribution in [3.8, 4) is 0 Å². The first-order chi connectivity index (χ1) is 15.9. The number of nitrogens with zero attached hydrogens (tertiary/aromatic N) is 1. The molecular weight excluding hydrogens is 450 g/mol. The van der Waals surface area contributed by atoms with Gasteiger partial charge in [0.25, 0.3) is 0 Å². The third-order valence-electron chi connectivity index (χ3n) is 5.41. The van der Waals surface area contributed by atoms with E-state index in [9.17, 15) is 14.4 Å². The highest BCUT2D eigenvalue weighted by Crippen LogP contribution is 2.26. The summed E-state index contributed by atoms with van der Waals surface area (Å²) in [4.78, 5) is 40.4. The van der Waals surface area contributed by atoms with Crippen LogP contribution in [0, 0.1) is 13.8 Å². The first kappa shape index (κ1) is 27.2. The number of benzene rings is 2. The van der Waals surface area contributed by atoms with E-state index in [0.29, 0.717) is 6.54 Å². The van der Waals surface area contributed by atoms with E-state index in [1.54, 1.807) is 27.8 Å². The van der Waals surface area contributed by atoms with Crippen molar-refractivity contribution in [2.75, 3.05) is 12.8 Å². The van der Waals surface area contributed by atoms with Crippen LogP contribution in [0.3, 0.4) is 0 Å². The van der Waals surface area contributed by atoms with Crippen LogP contribution in [0.25, 0.3) is 0 Å². The second-order valence-corrected chi connectivity index (χ2v) is 9.59. The third kappa shape index (κ3) is 7.52. The molecule has 0 fully saturated rings. The van der Waals surface area contributed by atoms with Gasteiger partial charge < -0.3 is 20.3 Å². The second kappa shape index (κ2) is 11.9. The molecule has 0 bridgehead atoms. The Labute approximate surface area is 207 Å². The summed E-state index contributed by atoms with van der Waals surface area (Å²) in [6.45, 7) is 9.43. The number of amides is 3. The Bertz CT molecular complexity index is 1000. The lowest BCUT2D eigenvalue weighted by atomic mass is 9.95. The van der Waals surface area contributed by atoms with Crippen molar-refractivity contribution in [1.29, 1.82) is 0 Å². The highest BCUT2D eigenvalue weighted by molar-refractivity contribution is 7.80. The Morgan fingerprint density at radius 1 is 1.03 bits per heavy atom. The molecule has 2 N–H and O–H groups in total. The zero-order valence-electron chi connectivity index (χ0n) is 20.7. The molecular formula is C26H35N3O4S.